The van der Waals surface area contributed by atoms with E-state index in [1.165, 1.54) is 13.0 Å². The number of amides is 2. The van der Waals surface area contributed by atoms with Crippen LogP contribution in [-0.4, -0.2) is 33.3 Å². The van der Waals surface area contributed by atoms with Crippen molar-refractivity contribution in [2.24, 2.45) is 0 Å². The molecule has 2 amide bonds. The first-order chi connectivity index (χ1) is 13.9. The summed E-state index contributed by atoms with van der Waals surface area (Å²) >= 11 is 0. The van der Waals surface area contributed by atoms with Gasteiger partial charge >= 0.3 is 0 Å². The maximum Gasteiger partial charge on any atom is 0.275 e. The molecule has 0 unspecified atom stereocenters. The average Bonchev–Trinajstić information content (AvgIpc) is 3.09. The quantitative estimate of drug-likeness (QED) is 0.531. The van der Waals surface area contributed by atoms with E-state index in [9.17, 15) is 14.4 Å². The SMILES string of the molecule is CC(=O)n1cc(/C=C/C(=O)N(NC(C)C)C(=O)c2ccccc2)c2ccccc21. The lowest BCUT2D eigenvalue weighted by molar-refractivity contribution is -0.126. The Morgan fingerprint density at radius 1 is 1.00 bits per heavy atom. The monoisotopic (exact) mass is 389 g/mol. The third-order valence-electron chi connectivity index (χ3n) is 4.32. The van der Waals surface area contributed by atoms with Crippen LogP contribution in [-0.2, 0) is 4.79 Å². The summed E-state index contributed by atoms with van der Waals surface area (Å²) in [7, 11) is 0. The number of rotatable bonds is 5. The van der Waals surface area contributed by atoms with E-state index in [1.54, 1.807) is 41.1 Å². The van der Waals surface area contributed by atoms with Gasteiger partial charge in [-0.1, -0.05) is 36.4 Å². The average molecular weight is 389 g/mol. The van der Waals surface area contributed by atoms with Crippen molar-refractivity contribution in [3.05, 3.63) is 78.0 Å². The van der Waals surface area contributed by atoms with E-state index >= 15 is 0 Å². The third kappa shape index (κ3) is 4.50. The zero-order valence-electron chi connectivity index (χ0n) is 16.6. The molecule has 1 N–H and O–H groups in total. The highest BCUT2D eigenvalue weighted by Crippen LogP contribution is 2.22. The van der Waals surface area contributed by atoms with Crippen LogP contribution in [0, 0.1) is 0 Å². The van der Waals surface area contributed by atoms with E-state index in [0.29, 0.717) is 5.56 Å². The summed E-state index contributed by atoms with van der Waals surface area (Å²) in [6.07, 6.45) is 4.65. The van der Waals surface area contributed by atoms with Gasteiger partial charge in [0.05, 0.1) is 5.52 Å². The van der Waals surface area contributed by atoms with Gasteiger partial charge in [-0.05, 0) is 38.1 Å². The van der Waals surface area contributed by atoms with Crippen LogP contribution < -0.4 is 5.43 Å². The van der Waals surface area contributed by atoms with Crippen LogP contribution in [0.2, 0.25) is 0 Å². The molecule has 0 aliphatic heterocycles. The molecule has 0 atom stereocenters. The van der Waals surface area contributed by atoms with Gasteiger partial charge in [0, 0.05) is 41.8 Å². The molecular weight excluding hydrogens is 366 g/mol. The summed E-state index contributed by atoms with van der Waals surface area (Å²) < 4.78 is 1.54. The highest BCUT2D eigenvalue weighted by Gasteiger charge is 2.22. The van der Waals surface area contributed by atoms with Crippen LogP contribution in [0.1, 0.15) is 41.5 Å². The van der Waals surface area contributed by atoms with Crippen molar-refractivity contribution in [2.75, 3.05) is 0 Å². The van der Waals surface area contributed by atoms with Gasteiger partial charge in [-0.25, -0.2) is 10.4 Å². The van der Waals surface area contributed by atoms with Crippen LogP contribution >= 0.6 is 0 Å². The molecule has 2 aromatic carbocycles. The molecule has 3 rings (SSSR count). The fraction of sp³-hybridized carbons (Fsp3) is 0.174. The van der Waals surface area contributed by atoms with Crippen molar-refractivity contribution in [1.82, 2.24) is 15.0 Å². The summed E-state index contributed by atoms with van der Waals surface area (Å²) in [6.45, 7) is 5.18. The number of aromatic nitrogens is 1. The van der Waals surface area contributed by atoms with Gasteiger partial charge in [0.2, 0.25) is 5.91 Å². The van der Waals surface area contributed by atoms with Gasteiger partial charge in [-0.2, -0.15) is 0 Å². The number of nitrogens with zero attached hydrogens (tertiary/aromatic N) is 2. The van der Waals surface area contributed by atoms with Crippen LogP contribution in [0.25, 0.3) is 17.0 Å². The first-order valence-corrected chi connectivity index (χ1v) is 9.37. The van der Waals surface area contributed by atoms with E-state index in [1.807, 2.05) is 44.2 Å². The third-order valence-corrected chi connectivity index (χ3v) is 4.32. The molecule has 0 aliphatic carbocycles. The fourth-order valence-electron chi connectivity index (χ4n) is 3.03. The Morgan fingerprint density at radius 2 is 1.66 bits per heavy atom. The predicted molar refractivity (Wildman–Crippen MR) is 113 cm³/mol. The smallest absolute Gasteiger partial charge is 0.275 e. The zero-order valence-corrected chi connectivity index (χ0v) is 16.6. The van der Waals surface area contributed by atoms with Gasteiger partial charge in [0.15, 0.2) is 0 Å². The number of hydrogen-bond acceptors (Lipinski definition) is 4. The summed E-state index contributed by atoms with van der Waals surface area (Å²) in [4.78, 5) is 37.5. The van der Waals surface area contributed by atoms with E-state index in [2.05, 4.69) is 5.43 Å². The molecule has 0 saturated carbocycles. The molecule has 3 aromatic rings. The molecule has 0 fully saturated rings. The van der Waals surface area contributed by atoms with Gasteiger partial charge in [-0.3, -0.25) is 19.0 Å². The molecule has 6 heteroatoms. The molecule has 0 bridgehead atoms. The Morgan fingerprint density at radius 3 is 2.31 bits per heavy atom. The lowest BCUT2D eigenvalue weighted by Crippen LogP contribution is -2.49. The van der Waals surface area contributed by atoms with E-state index in [0.717, 1.165) is 21.5 Å². The molecule has 148 valence electrons. The van der Waals surface area contributed by atoms with Gasteiger partial charge in [-0.15, -0.1) is 0 Å². The molecule has 0 aliphatic rings. The molecule has 6 nitrogen and oxygen atoms in total. The zero-order chi connectivity index (χ0) is 21.0. The van der Waals surface area contributed by atoms with Gasteiger partial charge < -0.3 is 0 Å². The van der Waals surface area contributed by atoms with E-state index < -0.39 is 11.8 Å². The Kier molecular flexibility index (Phi) is 6.04. The lowest BCUT2D eigenvalue weighted by Gasteiger charge is -2.22. The minimum Gasteiger partial charge on any atom is -0.287 e. The molecule has 0 spiro atoms. The second-order valence-corrected chi connectivity index (χ2v) is 6.95. The number of nitrogens with one attached hydrogen (secondary N) is 1. The van der Waals surface area contributed by atoms with Crippen molar-refractivity contribution in [3.63, 3.8) is 0 Å². The number of benzene rings is 2. The minimum absolute atomic E-state index is 0.111. The van der Waals surface area contributed by atoms with Gasteiger partial charge in [0.1, 0.15) is 0 Å². The fourth-order valence-corrected chi connectivity index (χ4v) is 3.03. The summed E-state index contributed by atoms with van der Waals surface area (Å²) in [5.41, 5.74) is 4.80. The normalized spacial score (nSPS) is 11.3. The first kappa shape index (κ1) is 20.2. The summed E-state index contributed by atoms with van der Waals surface area (Å²) in [5, 5.41) is 1.87. The Hall–Kier alpha value is -3.51. The van der Waals surface area contributed by atoms with E-state index in [-0.39, 0.29) is 11.9 Å². The lowest BCUT2D eigenvalue weighted by atomic mass is 10.1. The predicted octanol–water partition coefficient (Wildman–Crippen LogP) is 3.90. The molecule has 1 aromatic heterocycles. The number of hydrazine groups is 1. The van der Waals surface area contributed by atoms with Crippen molar-refractivity contribution in [2.45, 2.75) is 26.8 Å². The van der Waals surface area contributed by atoms with Crippen molar-refractivity contribution < 1.29 is 14.4 Å². The molecule has 0 saturated heterocycles. The molecule has 0 radical (unpaired) electrons. The highest BCUT2D eigenvalue weighted by atomic mass is 16.2. The van der Waals surface area contributed by atoms with Crippen molar-refractivity contribution in [1.29, 1.82) is 0 Å². The highest BCUT2D eigenvalue weighted by molar-refractivity contribution is 6.09. The van der Waals surface area contributed by atoms with Crippen LogP contribution in [0.4, 0.5) is 0 Å². The van der Waals surface area contributed by atoms with E-state index in [4.69, 9.17) is 0 Å². The Bertz CT molecular complexity index is 1080. The summed E-state index contributed by atoms with van der Waals surface area (Å²) in [6, 6.07) is 16.0. The molecule has 1 heterocycles. The number of para-hydroxylation sites is 1. The van der Waals surface area contributed by atoms with Crippen LogP contribution in [0.3, 0.4) is 0 Å². The summed E-state index contributed by atoms with van der Waals surface area (Å²) in [5.74, 6) is -1.04. The first-order valence-electron chi connectivity index (χ1n) is 9.37. The number of carbonyl (C=O) groups is 3. The topological polar surface area (TPSA) is 71.4 Å². The Labute approximate surface area is 169 Å². The Balaban J connectivity index is 1.92. The van der Waals surface area contributed by atoms with Crippen molar-refractivity contribution in [3.8, 4) is 0 Å². The second kappa shape index (κ2) is 8.67. The molecular formula is C23H23N3O3. The maximum absolute atomic E-state index is 12.8. The second-order valence-electron chi connectivity index (χ2n) is 6.95. The van der Waals surface area contributed by atoms with Crippen LogP contribution in [0.15, 0.2) is 66.9 Å². The van der Waals surface area contributed by atoms with Crippen LogP contribution in [0.5, 0.6) is 0 Å². The number of fused-ring (bicyclic) bond motifs is 1. The van der Waals surface area contributed by atoms with Crippen molar-refractivity contribution >= 4 is 34.7 Å². The number of hydrogen-bond donors (Lipinski definition) is 1. The minimum atomic E-state index is -0.493. The van der Waals surface area contributed by atoms with Gasteiger partial charge in [0.25, 0.3) is 11.8 Å². The maximum atomic E-state index is 12.8. The molecule has 29 heavy (non-hydrogen) atoms. The largest absolute Gasteiger partial charge is 0.287 e. The number of carbonyl (C=O) groups excluding carboxylic acids is 3. The standard InChI is InChI=1S/C23H23N3O3/c1-16(2)24-26(23(29)18-9-5-4-6-10-18)22(28)14-13-19-15-25(17(3)27)21-12-8-7-11-20(19)21/h4-16,24H,1-3H3/b14-13+. The number of imide groups is 1.